The minimum atomic E-state index is -4.53. The summed E-state index contributed by atoms with van der Waals surface area (Å²) < 4.78 is 41.9. The van der Waals surface area contributed by atoms with Gasteiger partial charge in [-0.25, -0.2) is 0 Å². The highest BCUT2D eigenvalue weighted by atomic mass is 19.4. The van der Waals surface area contributed by atoms with E-state index in [9.17, 15) is 27.9 Å². The van der Waals surface area contributed by atoms with Crippen molar-refractivity contribution in [1.82, 2.24) is 14.9 Å². The number of aryl methyl sites for hydroxylation is 1. The van der Waals surface area contributed by atoms with E-state index in [0.717, 1.165) is 28.6 Å². The first-order valence-electron chi connectivity index (χ1n) is 14.1. The van der Waals surface area contributed by atoms with Gasteiger partial charge in [0.05, 0.1) is 22.6 Å². The number of fused-ring (bicyclic) bond motifs is 2. The van der Waals surface area contributed by atoms with E-state index in [1.807, 2.05) is 45.0 Å². The van der Waals surface area contributed by atoms with E-state index in [1.54, 1.807) is 31.3 Å². The molecule has 3 N–H and O–H groups in total. The highest BCUT2D eigenvalue weighted by molar-refractivity contribution is 5.88. The molecule has 3 aromatic carbocycles. The van der Waals surface area contributed by atoms with Crippen LogP contribution in [0.3, 0.4) is 0 Å². The molecule has 0 aliphatic heterocycles. The molecule has 0 fully saturated rings. The fourth-order valence-corrected chi connectivity index (χ4v) is 5.71. The summed E-state index contributed by atoms with van der Waals surface area (Å²) >= 11 is 0. The number of amides is 1. The first-order chi connectivity index (χ1) is 20.3. The number of hydrogen-bond donors (Lipinski definition) is 3. The zero-order valence-corrected chi connectivity index (χ0v) is 24.5. The quantitative estimate of drug-likeness (QED) is 0.191. The predicted molar refractivity (Wildman–Crippen MR) is 162 cm³/mol. The van der Waals surface area contributed by atoms with Crippen molar-refractivity contribution in [2.45, 2.75) is 45.7 Å². The number of carbonyl (C=O) groups excluding carboxylic acids is 1. The molecule has 43 heavy (non-hydrogen) atoms. The predicted octanol–water partition coefficient (Wildman–Crippen LogP) is 7.02. The molecule has 5 rings (SSSR count). The number of pyridine rings is 1. The van der Waals surface area contributed by atoms with E-state index < -0.39 is 23.2 Å². The van der Waals surface area contributed by atoms with Crippen LogP contribution in [0.15, 0.2) is 77.6 Å². The van der Waals surface area contributed by atoms with Crippen LogP contribution in [0.4, 0.5) is 13.2 Å². The van der Waals surface area contributed by atoms with Gasteiger partial charge in [0.2, 0.25) is 5.91 Å². The van der Waals surface area contributed by atoms with E-state index in [-0.39, 0.29) is 22.6 Å². The lowest BCUT2D eigenvalue weighted by molar-refractivity contribution is -0.137. The second kappa shape index (κ2) is 11.3. The Morgan fingerprint density at radius 3 is 2.23 bits per heavy atom. The van der Waals surface area contributed by atoms with Crippen LogP contribution < -0.4 is 10.9 Å². The number of nitrogens with one attached hydrogen (secondary N) is 2. The molecule has 0 aliphatic carbocycles. The Morgan fingerprint density at radius 1 is 0.953 bits per heavy atom. The summed E-state index contributed by atoms with van der Waals surface area (Å²) in [4.78, 5) is 29.9. The van der Waals surface area contributed by atoms with Crippen molar-refractivity contribution < 1.29 is 23.1 Å². The summed E-state index contributed by atoms with van der Waals surface area (Å²) in [5.74, 6) is -1.25. The number of aromatic hydroxyl groups is 1. The number of H-pyrrole nitrogens is 1. The summed E-state index contributed by atoms with van der Waals surface area (Å²) in [5, 5.41) is 15.9. The van der Waals surface area contributed by atoms with Crippen LogP contribution in [-0.2, 0) is 24.4 Å². The van der Waals surface area contributed by atoms with Gasteiger partial charge >= 0.3 is 6.18 Å². The number of aromatic amines is 1. The van der Waals surface area contributed by atoms with Gasteiger partial charge in [0.15, 0.2) is 0 Å². The Morgan fingerprint density at radius 2 is 1.58 bits per heavy atom. The van der Waals surface area contributed by atoms with Crippen LogP contribution in [0, 0.1) is 5.41 Å². The van der Waals surface area contributed by atoms with Crippen molar-refractivity contribution in [2.75, 3.05) is 6.54 Å². The summed E-state index contributed by atoms with van der Waals surface area (Å²) in [6, 6.07) is 19.1. The zero-order chi connectivity index (χ0) is 31.1. The lowest BCUT2D eigenvalue weighted by Gasteiger charge is -2.22. The molecule has 5 aromatic rings. The standard InChI is InChI=1S/C34H34F3N3O3/c1-33(2,3)19-27(41)38-18-17-23-22-9-5-7-11-25(22)39-30(23)28(20-13-15-21(16-14-20)34(35,36)37)29-31(42)24-10-6-8-12-26(24)40(4)32(29)43/h5-16,28,39,42H,17-19H2,1-4H3,(H,38,41). The van der Waals surface area contributed by atoms with Crippen LogP contribution in [-0.4, -0.2) is 27.1 Å². The smallest absolute Gasteiger partial charge is 0.416 e. The Balaban J connectivity index is 1.71. The van der Waals surface area contributed by atoms with Crippen molar-refractivity contribution in [3.63, 3.8) is 0 Å². The maximum absolute atomic E-state index is 13.9. The van der Waals surface area contributed by atoms with E-state index in [0.29, 0.717) is 41.5 Å². The van der Waals surface area contributed by atoms with E-state index in [4.69, 9.17) is 0 Å². The van der Waals surface area contributed by atoms with Gasteiger partial charge in [-0.15, -0.1) is 0 Å². The van der Waals surface area contributed by atoms with Gasteiger partial charge < -0.3 is 20.0 Å². The molecule has 1 amide bonds. The zero-order valence-electron chi connectivity index (χ0n) is 24.5. The molecular weight excluding hydrogens is 555 g/mol. The summed E-state index contributed by atoms with van der Waals surface area (Å²) in [6.07, 6.45) is -3.79. The SMILES string of the molecule is Cn1c(=O)c(C(c2ccc(C(F)(F)F)cc2)c2[nH]c3ccccc3c2CCNC(=O)CC(C)(C)C)c(O)c2ccccc21. The molecule has 1 atom stereocenters. The first kappa shape index (κ1) is 29.9. The fourth-order valence-electron chi connectivity index (χ4n) is 5.71. The van der Waals surface area contributed by atoms with Gasteiger partial charge in [-0.1, -0.05) is 63.2 Å². The topological polar surface area (TPSA) is 87.1 Å². The third-order valence-electron chi connectivity index (χ3n) is 7.69. The molecule has 0 saturated carbocycles. The van der Waals surface area contributed by atoms with E-state index >= 15 is 0 Å². The van der Waals surface area contributed by atoms with Gasteiger partial charge in [0, 0.05) is 42.0 Å². The minimum absolute atomic E-state index is 0.0468. The normalized spacial score (nSPS) is 13.0. The maximum Gasteiger partial charge on any atom is 0.416 e. The average Bonchev–Trinajstić information content (AvgIpc) is 3.30. The molecule has 0 spiro atoms. The van der Waals surface area contributed by atoms with Crippen LogP contribution in [0.2, 0.25) is 0 Å². The molecule has 6 nitrogen and oxygen atoms in total. The number of alkyl halides is 3. The van der Waals surface area contributed by atoms with Crippen LogP contribution in [0.25, 0.3) is 21.8 Å². The maximum atomic E-state index is 13.9. The molecule has 0 radical (unpaired) electrons. The highest BCUT2D eigenvalue weighted by Gasteiger charge is 2.33. The number of hydrogen-bond acceptors (Lipinski definition) is 3. The van der Waals surface area contributed by atoms with Gasteiger partial charge in [-0.3, -0.25) is 9.59 Å². The van der Waals surface area contributed by atoms with Crippen molar-refractivity contribution in [3.05, 3.63) is 111 Å². The molecule has 9 heteroatoms. The lowest BCUT2D eigenvalue weighted by atomic mass is 9.84. The third-order valence-corrected chi connectivity index (χ3v) is 7.69. The monoisotopic (exact) mass is 589 g/mol. The molecular formula is C34H34F3N3O3. The van der Waals surface area contributed by atoms with Gasteiger partial charge in [-0.2, -0.15) is 13.2 Å². The Kier molecular flexibility index (Phi) is 7.86. The number of carbonyl (C=O) groups is 1. The molecule has 224 valence electrons. The highest BCUT2D eigenvalue weighted by Crippen LogP contribution is 2.41. The summed E-state index contributed by atoms with van der Waals surface area (Å²) in [7, 11) is 1.61. The number of aromatic nitrogens is 2. The van der Waals surface area contributed by atoms with Crippen LogP contribution in [0.1, 0.15) is 61.1 Å². The fraction of sp³-hybridized carbons (Fsp3) is 0.294. The first-order valence-corrected chi connectivity index (χ1v) is 14.1. The Labute approximate surface area is 247 Å². The van der Waals surface area contributed by atoms with Gasteiger partial charge in [-0.05, 0) is 53.3 Å². The molecule has 2 aromatic heterocycles. The van der Waals surface area contributed by atoms with Crippen LogP contribution >= 0.6 is 0 Å². The summed E-state index contributed by atoms with van der Waals surface area (Å²) in [5.41, 5.74) is 1.64. The Bertz CT molecular complexity index is 1860. The molecule has 0 bridgehead atoms. The average molecular weight is 590 g/mol. The number of para-hydroxylation sites is 2. The second-order valence-electron chi connectivity index (χ2n) is 12.1. The van der Waals surface area contributed by atoms with Crippen LogP contribution in [0.5, 0.6) is 5.75 Å². The van der Waals surface area contributed by atoms with Crippen molar-refractivity contribution >= 4 is 27.7 Å². The van der Waals surface area contributed by atoms with Crippen molar-refractivity contribution in [1.29, 1.82) is 0 Å². The number of nitrogens with zero attached hydrogens (tertiary/aromatic N) is 1. The van der Waals surface area contributed by atoms with Crippen molar-refractivity contribution in [3.8, 4) is 5.75 Å². The summed E-state index contributed by atoms with van der Waals surface area (Å²) in [6.45, 7) is 6.26. The van der Waals surface area contributed by atoms with Crippen molar-refractivity contribution in [2.24, 2.45) is 12.5 Å². The second-order valence-corrected chi connectivity index (χ2v) is 12.1. The van der Waals surface area contributed by atoms with E-state index in [2.05, 4.69) is 10.3 Å². The third kappa shape index (κ3) is 6.02. The minimum Gasteiger partial charge on any atom is -0.507 e. The van der Waals surface area contributed by atoms with Gasteiger partial charge in [0.1, 0.15) is 5.75 Å². The van der Waals surface area contributed by atoms with E-state index in [1.165, 1.54) is 16.7 Å². The Hall–Kier alpha value is -4.53. The lowest BCUT2D eigenvalue weighted by Crippen LogP contribution is -2.29. The number of halogens is 3. The molecule has 0 saturated heterocycles. The number of rotatable bonds is 7. The number of benzene rings is 3. The van der Waals surface area contributed by atoms with Gasteiger partial charge in [0.25, 0.3) is 5.56 Å². The molecule has 2 heterocycles. The molecule has 0 aliphatic rings. The largest absolute Gasteiger partial charge is 0.507 e. The molecule has 1 unspecified atom stereocenters.